The first-order valence-corrected chi connectivity index (χ1v) is 9.12. The van der Waals surface area contributed by atoms with Gasteiger partial charge in [-0.2, -0.15) is 0 Å². The third-order valence-corrected chi connectivity index (χ3v) is 5.17. The van der Waals surface area contributed by atoms with Gasteiger partial charge < -0.3 is 20.1 Å². The molecule has 4 rings (SSSR count). The first-order chi connectivity index (χ1) is 13.9. The molecule has 0 fully saturated rings. The van der Waals surface area contributed by atoms with E-state index in [0.717, 1.165) is 17.7 Å². The average Bonchev–Trinajstić information content (AvgIpc) is 2.71. The summed E-state index contributed by atoms with van der Waals surface area (Å²) in [5.41, 5.74) is 0.379. The summed E-state index contributed by atoms with van der Waals surface area (Å²) in [4.78, 5) is 11.5. The van der Waals surface area contributed by atoms with Crippen LogP contribution in [0.1, 0.15) is 27.6 Å². The van der Waals surface area contributed by atoms with Crippen molar-refractivity contribution in [3.63, 3.8) is 0 Å². The van der Waals surface area contributed by atoms with Gasteiger partial charge >= 0.3 is 5.97 Å². The minimum Gasteiger partial charge on any atom is -0.490 e. The van der Waals surface area contributed by atoms with Gasteiger partial charge in [-0.25, -0.2) is 9.18 Å². The molecule has 1 heterocycles. The molecule has 3 aromatic carbocycles. The molecule has 5 nitrogen and oxygen atoms in total. The van der Waals surface area contributed by atoms with Crippen molar-refractivity contribution in [1.29, 1.82) is 0 Å². The number of rotatable bonds is 4. The maximum Gasteiger partial charge on any atom is 0.336 e. The molecule has 1 aliphatic heterocycles. The van der Waals surface area contributed by atoms with Crippen LogP contribution in [0.3, 0.4) is 0 Å². The molecule has 2 atom stereocenters. The highest BCUT2D eigenvalue weighted by atomic mass is 19.1. The van der Waals surface area contributed by atoms with Gasteiger partial charge in [0.2, 0.25) is 0 Å². The van der Waals surface area contributed by atoms with Gasteiger partial charge in [0.25, 0.3) is 0 Å². The number of ether oxygens (including phenoxy) is 1. The highest BCUT2D eigenvalue weighted by molar-refractivity contribution is 5.96. The van der Waals surface area contributed by atoms with Crippen molar-refractivity contribution in [2.45, 2.75) is 18.1 Å². The molecule has 0 saturated carbocycles. The Labute approximate surface area is 166 Å². The number of aromatic carboxylic acids is 1. The SMILES string of the molecule is O=C(O)c1ccc(F)cc1-c1ccc2c(c1)OCC(O)(Cc1ccccc1)C2O. The zero-order valence-electron chi connectivity index (χ0n) is 15.4. The zero-order chi connectivity index (χ0) is 20.6. The largest absolute Gasteiger partial charge is 0.490 e. The molecule has 1 aliphatic rings. The predicted octanol–water partition coefficient (Wildman–Crippen LogP) is 3.59. The maximum atomic E-state index is 13.7. The van der Waals surface area contributed by atoms with Gasteiger partial charge in [0, 0.05) is 12.0 Å². The highest BCUT2D eigenvalue weighted by Crippen LogP contribution is 2.41. The lowest BCUT2D eigenvalue weighted by atomic mass is 9.83. The predicted molar refractivity (Wildman–Crippen MR) is 104 cm³/mol. The smallest absolute Gasteiger partial charge is 0.336 e. The van der Waals surface area contributed by atoms with Crippen LogP contribution in [0.15, 0.2) is 66.7 Å². The Morgan fingerprint density at radius 2 is 1.86 bits per heavy atom. The first-order valence-electron chi connectivity index (χ1n) is 9.12. The Morgan fingerprint density at radius 1 is 1.10 bits per heavy atom. The number of aliphatic hydroxyl groups is 2. The summed E-state index contributed by atoms with van der Waals surface area (Å²) in [7, 11) is 0. The molecule has 29 heavy (non-hydrogen) atoms. The van der Waals surface area contributed by atoms with Crippen molar-refractivity contribution in [2.24, 2.45) is 0 Å². The molecule has 3 N–H and O–H groups in total. The minimum atomic E-state index is -1.50. The molecule has 2 unspecified atom stereocenters. The van der Waals surface area contributed by atoms with E-state index in [4.69, 9.17) is 4.74 Å². The van der Waals surface area contributed by atoms with Crippen LogP contribution < -0.4 is 4.74 Å². The van der Waals surface area contributed by atoms with Crippen molar-refractivity contribution in [1.82, 2.24) is 0 Å². The molecule has 0 spiro atoms. The summed E-state index contributed by atoms with van der Waals surface area (Å²) in [6.45, 7) is -0.131. The Morgan fingerprint density at radius 3 is 2.59 bits per heavy atom. The topological polar surface area (TPSA) is 87.0 Å². The van der Waals surface area contributed by atoms with Gasteiger partial charge in [-0.1, -0.05) is 42.5 Å². The van der Waals surface area contributed by atoms with Crippen LogP contribution in [-0.2, 0) is 6.42 Å². The third kappa shape index (κ3) is 3.60. The van der Waals surface area contributed by atoms with E-state index in [1.54, 1.807) is 18.2 Å². The van der Waals surface area contributed by atoms with E-state index < -0.39 is 23.5 Å². The van der Waals surface area contributed by atoms with E-state index in [0.29, 0.717) is 16.9 Å². The Balaban J connectivity index is 1.69. The molecule has 0 radical (unpaired) electrons. The summed E-state index contributed by atoms with van der Waals surface area (Å²) in [5.74, 6) is -1.40. The van der Waals surface area contributed by atoms with E-state index in [-0.39, 0.29) is 24.2 Å². The van der Waals surface area contributed by atoms with Crippen molar-refractivity contribution >= 4 is 5.97 Å². The third-order valence-electron chi connectivity index (χ3n) is 5.17. The number of aliphatic hydroxyl groups excluding tert-OH is 1. The van der Waals surface area contributed by atoms with Crippen molar-refractivity contribution in [3.05, 3.63) is 89.2 Å². The molecule has 3 aromatic rings. The van der Waals surface area contributed by atoms with Gasteiger partial charge in [-0.05, 0) is 41.0 Å². The maximum absolute atomic E-state index is 13.7. The first kappa shape index (κ1) is 19.1. The van der Waals surface area contributed by atoms with E-state index in [1.807, 2.05) is 30.3 Å². The molecule has 0 saturated heterocycles. The summed E-state index contributed by atoms with van der Waals surface area (Å²) < 4.78 is 19.4. The number of hydrogen-bond donors (Lipinski definition) is 3. The number of carboxylic acids is 1. The number of carboxylic acid groups (broad SMARTS) is 1. The summed E-state index contributed by atoms with van der Waals surface area (Å²) in [5, 5.41) is 31.2. The number of halogens is 1. The molecule has 0 aromatic heterocycles. The number of fused-ring (bicyclic) bond motifs is 1. The number of hydrogen-bond acceptors (Lipinski definition) is 4. The molecule has 0 bridgehead atoms. The van der Waals surface area contributed by atoms with Gasteiger partial charge in [0.05, 0.1) is 5.56 Å². The lowest BCUT2D eigenvalue weighted by Crippen LogP contribution is -2.47. The van der Waals surface area contributed by atoms with Crippen LogP contribution in [0.5, 0.6) is 5.75 Å². The second kappa shape index (κ2) is 7.31. The molecule has 0 amide bonds. The van der Waals surface area contributed by atoms with Crippen molar-refractivity contribution in [2.75, 3.05) is 6.61 Å². The second-order valence-corrected chi connectivity index (χ2v) is 7.20. The lowest BCUT2D eigenvalue weighted by molar-refractivity contribution is -0.114. The monoisotopic (exact) mass is 394 g/mol. The molecule has 0 aliphatic carbocycles. The van der Waals surface area contributed by atoms with Crippen LogP contribution in [0.2, 0.25) is 0 Å². The minimum absolute atomic E-state index is 0.0386. The Bertz CT molecular complexity index is 1070. The van der Waals surface area contributed by atoms with Crippen LogP contribution in [-0.4, -0.2) is 33.5 Å². The Hall–Kier alpha value is -3.22. The lowest BCUT2D eigenvalue weighted by Gasteiger charge is -2.38. The second-order valence-electron chi connectivity index (χ2n) is 7.20. The van der Waals surface area contributed by atoms with E-state index in [2.05, 4.69) is 0 Å². The Kier molecular flexibility index (Phi) is 4.82. The van der Waals surface area contributed by atoms with Gasteiger partial charge in [0.1, 0.15) is 29.9 Å². The zero-order valence-corrected chi connectivity index (χ0v) is 15.4. The molecular formula is C23H19FO5. The fourth-order valence-corrected chi connectivity index (χ4v) is 3.66. The molecular weight excluding hydrogens is 375 g/mol. The van der Waals surface area contributed by atoms with Gasteiger partial charge in [-0.15, -0.1) is 0 Å². The van der Waals surface area contributed by atoms with E-state index >= 15 is 0 Å². The number of benzene rings is 3. The number of carbonyl (C=O) groups is 1. The van der Waals surface area contributed by atoms with Gasteiger partial charge in [0.15, 0.2) is 0 Å². The van der Waals surface area contributed by atoms with Crippen LogP contribution >= 0.6 is 0 Å². The highest BCUT2D eigenvalue weighted by Gasteiger charge is 2.42. The quantitative estimate of drug-likeness (QED) is 0.630. The standard InChI is InChI=1S/C23H19FO5/c24-16-7-9-17(22(26)27)19(11-16)15-6-8-18-20(10-15)29-13-23(28,21(18)25)12-14-4-2-1-3-5-14/h1-11,21,25,28H,12-13H2,(H,26,27). The fourth-order valence-electron chi connectivity index (χ4n) is 3.66. The van der Waals surface area contributed by atoms with E-state index in [1.165, 1.54) is 6.07 Å². The van der Waals surface area contributed by atoms with Crippen LogP contribution in [0.4, 0.5) is 4.39 Å². The molecule has 148 valence electrons. The summed E-state index contributed by atoms with van der Waals surface area (Å²) in [6.07, 6.45) is -0.976. The summed E-state index contributed by atoms with van der Waals surface area (Å²) in [6, 6.07) is 17.5. The fraction of sp³-hybridized carbons (Fsp3) is 0.174. The molecule has 6 heteroatoms. The van der Waals surface area contributed by atoms with Crippen molar-refractivity contribution < 1.29 is 29.2 Å². The average molecular weight is 394 g/mol. The van der Waals surface area contributed by atoms with Gasteiger partial charge in [-0.3, -0.25) is 0 Å². The van der Waals surface area contributed by atoms with Crippen LogP contribution in [0, 0.1) is 5.82 Å². The van der Waals surface area contributed by atoms with E-state index in [9.17, 15) is 24.5 Å². The van der Waals surface area contributed by atoms with Crippen LogP contribution in [0.25, 0.3) is 11.1 Å². The normalized spacial score (nSPS) is 20.6. The van der Waals surface area contributed by atoms with Crippen molar-refractivity contribution in [3.8, 4) is 16.9 Å². The summed E-state index contributed by atoms with van der Waals surface area (Å²) >= 11 is 0.